The Hall–Kier alpha value is -2.33. The van der Waals surface area contributed by atoms with Crippen LogP contribution in [-0.2, 0) is 0 Å². The lowest BCUT2D eigenvalue weighted by atomic mass is 10.3. The molecule has 0 aliphatic heterocycles. The Balaban J connectivity index is 2.28. The molecule has 1 aromatic heterocycles. The second kappa shape index (κ2) is 6.21. The Kier molecular flexibility index (Phi) is 4.38. The third-order valence-electron chi connectivity index (χ3n) is 2.40. The van der Waals surface area contributed by atoms with Crippen molar-refractivity contribution < 1.29 is 8.78 Å². The van der Waals surface area contributed by atoms with E-state index in [0.717, 1.165) is 0 Å². The summed E-state index contributed by atoms with van der Waals surface area (Å²) in [6.07, 6.45) is 0. The van der Waals surface area contributed by atoms with E-state index in [1.165, 1.54) is 6.07 Å². The molecule has 4 nitrogen and oxygen atoms in total. The molecule has 102 valence electrons. The first kappa shape index (κ1) is 14.1. The van der Waals surface area contributed by atoms with Crippen LogP contribution in [0.25, 0.3) is 0 Å². The lowest BCUT2D eigenvalue weighted by Gasteiger charge is -2.11. The molecule has 0 bridgehead atoms. The number of benzene rings is 1. The SMILES string of the molecule is N#Cc1nc(Nc2ccccc2SC(F)F)ccc1N. The van der Waals surface area contributed by atoms with Crippen molar-refractivity contribution in [3.8, 4) is 6.07 Å². The van der Waals surface area contributed by atoms with Crippen LogP contribution >= 0.6 is 11.8 Å². The summed E-state index contributed by atoms with van der Waals surface area (Å²) in [5.41, 5.74) is 6.44. The number of nitriles is 1. The number of nitrogens with two attached hydrogens (primary N) is 1. The number of aromatic nitrogens is 1. The fraction of sp³-hybridized carbons (Fsp3) is 0.0769. The number of hydrogen-bond acceptors (Lipinski definition) is 5. The fourth-order valence-electron chi connectivity index (χ4n) is 1.54. The summed E-state index contributed by atoms with van der Waals surface area (Å²) in [6, 6.07) is 11.6. The van der Waals surface area contributed by atoms with Gasteiger partial charge in [-0.3, -0.25) is 0 Å². The van der Waals surface area contributed by atoms with E-state index >= 15 is 0 Å². The predicted molar refractivity (Wildman–Crippen MR) is 75.0 cm³/mol. The summed E-state index contributed by atoms with van der Waals surface area (Å²) < 4.78 is 24.9. The van der Waals surface area contributed by atoms with Gasteiger partial charge in [-0.15, -0.1) is 0 Å². The number of nitrogens with one attached hydrogen (secondary N) is 1. The Morgan fingerprint density at radius 2 is 2.00 bits per heavy atom. The molecule has 2 rings (SSSR count). The maximum absolute atomic E-state index is 12.5. The molecule has 3 N–H and O–H groups in total. The van der Waals surface area contributed by atoms with Gasteiger partial charge in [0, 0.05) is 4.90 Å². The van der Waals surface area contributed by atoms with Crippen LogP contribution in [0, 0.1) is 11.3 Å². The maximum Gasteiger partial charge on any atom is 0.288 e. The molecule has 0 atom stereocenters. The molecule has 0 unspecified atom stereocenters. The number of halogens is 2. The Morgan fingerprint density at radius 3 is 2.70 bits per heavy atom. The minimum atomic E-state index is -2.51. The highest BCUT2D eigenvalue weighted by atomic mass is 32.2. The van der Waals surface area contributed by atoms with Gasteiger partial charge in [0.1, 0.15) is 11.9 Å². The highest BCUT2D eigenvalue weighted by Crippen LogP contribution is 2.33. The van der Waals surface area contributed by atoms with Crippen LogP contribution < -0.4 is 11.1 Å². The Morgan fingerprint density at radius 1 is 1.25 bits per heavy atom. The highest BCUT2D eigenvalue weighted by molar-refractivity contribution is 7.99. The van der Waals surface area contributed by atoms with Crippen LogP contribution in [0.2, 0.25) is 0 Å². The van der Waals surface area contributed by atoms with Gasteiger partial charge < -0.3 is 11.1 Å². The van der Waals surface area contributed by atoms with E-state index in [0.29, 0.717) is 28.2 Å². The molecule has 0 amide bonds. The Bertz CT molecular complexity index is 655. The minimum Gasteiger partial charge on any atom is -0.396 e. The van der Waals surface area contributed by atoms with E-state index in [1.807, 2.05) is 6.07 Å². The summed E-state index contributed by atoms with van der Waals surface area (Å²) in [5, 5.41) is 11.8. The zero-order chi connectivity index (χ0) is 14.5. The number of anilines is 3. The third-order valence-corrected chi connectivity index (χ3v) is 3.19. The number of pyridine rings is 1. The molecule has 0 saturated heterocycles. The topological polar surface area (TPSA) is 74.7 Å². The molecule has 1 aromatic carbocycles. The van der Waals surface area contributed by atoms with E-state index in [2.05, 4.69) is 10.3 Å². The summed E-state index contributed by atoms with van der Waals surface area (Å²) in [4.78, 5) is 4.41. The number of alkyl halides is 2. The van der Waals surface area contributed by atoms with Crippen molar-refractivity contribution >= 4 is 29.0 Å². The van der Waals surface area contributed by atoms with Crippen LogP contribution in [0.5, 0.6) is 0 Å². The summed E-state index contributed by atoms with van der Waals surface area (Å²) in [5.74, 6) is -2.13. The standard InChI is InChI=1S/C13H10F2N4S/c14-13(15)20-11-4-2-1-3-9(11)18-12-6-5-8(17)10(7-16)19-12/h1-6,13H,17H2,(H,18,19). The second-order valence-electron chi connectivity index (χ2n) is 3.75. The third kappa shape index (κ3) is 3.36. The van der Waals surface area contributed by atoms with Crippen molar-refractivity contribution in [1.82, 2.24) is 4.98 Å². The first-order chi connectivity index (χ1) is 9.60. The molecule has 0 radical (unpaired) electrons. The zero-order valence-corrected chi connectivity index (χ0v) is 11.0. The predicted octanol–water partition coefficient (Wildman–Crippen LogP) is 3.59. The summed E-state index contributed by atoms with van der Waals surface area (Å²) in [6.45, 7) is 0. The highest BCUT2D eigenvalue weighted by Gasteiger charge is 2.10. The van der Waals surface area contributed by atoms with Crippen molar-refractivity contribution in [3.63, 3.8) is 0 Å². The number of nitrogens with zero attached hydrogens (tertiary/aromatic N) is 2. The molecule has 1 heterocycles. The van der Waals surface area contributed by atoms with Gasteiger partial charge in [0.25, 0.3) is 5.76 Å². The van der Waals surface area contributed by atoms with Crippen molar-refractivity contribution in [2.24, 2.45) is 0 Å². The molecule has 2 aromatic rings. The van der Waals surface area contributed by atoms with Crippen LogP contribution in [0.1, 0.15) is 5.69 Å². The molecule has 0 fully saturated rings. The van der Waals surface area contributed by atoms with E-state index in [1.54, 1.807) is 30.3 Å². The molecule has 0 saturated carbocycles. The normalized spacial score (nSPS) is 10.3. The van der Waals surface area contributed by atoms with Gasteiger partial charge in [-0.25, -0.2) is 4.98 Å². The van der Waals surface area contributed by atoms with Gasteiger partial charge in [-0.05, 0) is 24.3 Å². The van der Waals surface area contributed by atoms with Crippen LogP contribution in [0.3, 0.4) is 0 Å². The average Bonchev–Trinajstić information content (AvgIpc) is 2.42. The number of para-hydroxylation sites is 1. The van der Waals surface area contributed by atoms with E-state index in [-0.39, 0.29) is 11.4 Å². The smallest absolute Gasteiger partial charge is 0.288 e. The first-order valence-corrected chi connectivity index (χ1v) is 6.45. The molecular weight excluding hydrogens is 282 g/mol. The van der Waals surface area contributed by atoms with Crippen molar-refractivity contribution in [1.29, 1.82) is 5.26 Å². The van der Waals surface area contributed by atoms with Gasteiger partial charge in [0.2, 0.25) is 0 Å². The summed E-state index contributed by atoms with van der Waals surface area (Å²) in [7, 11) is 0. The maximum atomic E-state index is 12.5. The van der Waals surface area contributed by atoms with Gasteiger partial charge in [0.15, 0.2) is 5.69 Å². The quantitative estimate of drug-likeness (QED) is 0.842. The van der Waals surface area contributed by atoms with Gasteiger partial charge in [0.05, 0.1) is 11.4 Å². The van der Waals surface area contributed by atoms with Crippen LogP contribution in [0.15, 0.2) is 41.3 Å². The van der Waals surface area contributed by atoms with Crippen LogP contribution in [-0.4, -0.2) is 10.7 Å². The van der Waals surface area contributed by atoms with Crippen LogP contribution in [0.4, 0.5) is 26.0 Å². The lowest BCUT2D eigenvalue weighted by molar-refractivity contribution is 0.252. The van der Waals surface area contributed by atoms with Crippen molar-refractivity contribution in [2.75, 3.05) is 11.1 Å². The fourth-order valence-corrected chi connectivity index (χ4v) is 2.13. The summed E-state index contributed by atoms with van der Waals surface area (Å²) >= 11 is 0.444. The largest absolute Gasteiger partial charge is 0.396 e. The lowest BCUT2D eigenvalue weighted by Crippen LogP contribution is -2.00. The first-order valence-electron chi connectivity index (χ1n) is 5.57. The number of hydrogen-bond donors (Lipinski definition) is 2. The van der Waals surface area contributed by atoms with Crippen molar-refractivity contribution in [3.05, 3.63) is 42.1 Å². The van der Waals surface area contributed by atoms with E-state index < -0.39 is 5.76 Å². The average molecular weight is 292 g/mol. The number of thioether (sulfide) groups is 1. The number of nitrogen functional groups attached to an aromatic ring is 1. The zero-order valence-electron chi connectivity index (χ0n) is 10.2. The van der Waals surface area contributed by atoms with Gasteiger partial charge in [-0.1, -0.05) is 23.9 Å². The number of rotatable bonds is 4. The Labute approximate surface area is 118 Å². The van der Waals surface area contributed by atoms with E-state index in [9.17, 15) is 8.78 Å². The molecule has 7 heteroatoms. The molecular formula is C13H10F2N4S. The van der Waals surface area contributed by atoms with Crippen molar-refractivity contribution in [2.45, 2.75) is 10.7 Å². The van der Waals surface area contributed by atoms with Gasteiger partial charge in [-0.2, -0.15) is 14.0 Å². The monoisotopic (exact) mass is 292 g/mol. The molecule has 0 aliphatic carbocycles. The minimum absolute atomic E-state index is 0.0917. The second-order valence-corrected chi connectivity index (χ2v) is 4.78. The van der Waals surface area contributed by atoms with E-state index in [4.69, 9.17) is 11.0 Å². The molecule has 0 spiro atoms. The molecule has 0 aliphatic rings. The van der Waals surface area contributed by atoms with Gasteiger partial charge >= 0.3 is 0 Å². The molecule has 20 heavy (non-hydrogen) atoms.